The number of nitrogens with one attached hydrogen (secondary N) is 1. The smallest absolute Gasteiger partial charge is 0.0756 e. The summed E-state index contributed by atoms with van der Waals surface area (Å²) in [5.41, 5.74) is 2.29. The maximum Gasteiger partial charge on any atom is 0.0756 e. The van der Waals surface area contributed by atoms with Crippen LogP contribution in [0.15, 0.2) is 4.47 Å². The van der Waals surface area contributed by atoms with E-state index in [4.69, 9.17) is 4.74 Å². The molecule has 0 saturated heterocycles. The third-order valence-corrected chi connectivity index (χ3v) is 5.86. The van der Waals surface area contributed by atoms with E-state index in [1.54, 1.807) is 0 Å². The molecule has 1 aliphatic carbocycles. The van der Waals surface area contributed by atoms with Crippen LogP contribution in [0.1, 0.15) is 43.5 Å². The third kappa shape index (κ3) is 3.88. The fourth-order valence-electron chi connectivity index (χ4n) is 3.64. The van der Waals surface area contributed by atoms with Gasteiger partial charge >= 0.3 is 0 Å². The molecule has 0 aliphatic heterocycles. The second-order valence-corrected chi connectivity index (χ2v) is 6.96. The van der Waals surface area contributed by atoms with Crippen molar-refractivity contribution in [2.45, 2.75) is 57.6 Å². The van der Waals surface area contributed by atoms with E-state index in [9.17, 15) is 0 Å². The van der Waals surface area contributed by atoms with E-state index >= 15 is 0 Å². The number of rotatable bonds is 6. The molecule has 0 radical (unpaired) electrons. The standard InChI is InChI=1S/C16H28BrN3O/c1-11-15(17)14(20(3)19-11)10-13(18-2)16(21-4)12-8-6-5-7-9-12/h12-13,16,18H,5-10H2,1-4H3. The van der Waals surface area contributed by atoms with Crippen LogP contribution >= 0.6 is 15.9 Å². The molecule has 0 bridgehead atoms. The topological polar surface area (TPSA) is 39.1 Å². The summed E-state index contributed by atoms with van der Waals surface area (Å²) in [6.45, 7) is 2.04. The molecule has 0 amide bonds. The Kier molecular flexibility index (Phi) is 6.26. The highest BCUT2D eigenvalue weighted by molar-refractivity contribution is 9.10. The number of aryl methyl sites for hydroxylation is 2. The van der Waals surface area contributed by atoms with Crippen molar-refractivity contribution < 1.29 is 4.74 Å². The van der Waals surface area contributed by atoms with Crippen molar-refractivity contribution in [3.8, 4) is 0 Å². The van der Waals surface area contributed by atoms with Gasteiger partial charge < -0.3 is 10.1 Å². The normalized spacial score (nSPS) is 19.7. The van der Waals surface area contributed by atoms with E-state index in [0.717, 1.165) is 16.6 Å². The van der Waals surface area contributed by atoms with Gasteiger partial charge in [0.2, 0.25) is 0 Å². The fraction of sp³-hybridized carbons (Fsp3) is 0.812. The lowest BCUT2D eigenvalue weighted by Crippen LogP contribution is -2.45. The van der Waals surface area contributed by atoms with E-state index in [1.807, 2.05) is 32.8 Å². The number of ether oxygens (including phenoxy) is 1. The zero-order valence-corrected chi connectivity index (χ0v) is 15.2. The van der Waals surface area contributed by atoms with Gasteiger partial charge in [0.05, 0.1) is 22.0 Å². The second-order valence-electron chi connectivity index (χ2n) is 6.17. The Morgan fingerprint density at radius 3 is 2.52 bits per heavy atom. The van der Waals surface area contributed by atoms with Crippen LogP contribution in [-0.4, -0.2) is 36.1 Å². The molecule has 1 fully saturated rings. The van der Waals surface area contributed by atoms with Crippen LogP contribution in [-0.2, 0) is 18.2 Å². The van der Waals surface area contributed by atoms with Crippen LogP contribution in [0.3, 0.4) is 0 Å². The van der Waals surface area contributed by atoms with Crippen LogP contribution in [0.4, 0.5) is 0 Å². The highest BCUT2D eigenvalue weighted by Crippen LogP contribution is 2.31. The number of halogens is 1. The van der Waals surface area contributed by atoms with Gasteiger partial charge in [-0.15, -0.1) is 0 Å². The van der Waals surface area contributed by atoms with Gasteiger partial charge in [-0.1, -0.05) is 19.3 Å². The predicted molar refractivity (Wildman–Crippen MR) is 89.6 cm³/mol. The number of hydrogen-bond donors (Lipinski definition) is 1. The predicted octanol–water partition coefficient (Wildman–Crippen LogP) is 3.22. The molecular formula is C16H28BrN3O. The molecule has 1 aromatic heterocycles. The minimum absolute atomic E-state index is 0.275. The first-order valence-corrected chi connectivity index (χ1v) is 8.75. The zero-order valence-electron chi connectivity index (χ0n) is 13.7. The summed E-state index contributed by atoms with van der Waals surface area (Å²) in [6.07, 6.45) is 7.86. The van der Waals surface area contributed by atoms with E-state index in [0.29, 0.717) is 12.0 Å². The molecule has 120 valence electrons. The quantitative estimate of drug-likeness (QED) is 0.849. The van der Waals surface area contributed by atoms with Gasteiger partial charge in [0.25, 0.3) is 0 Å². The molecule has 2 atom stereocenters. The fourth-order valence-corrected chi connectivity index (χ4v) is 4.14. The van der Waals surface area contributed by atoms with Crippen molar-refractivity contribution in [1.29, 1.82) is 0 Å². The molecule has 1 saturated carbocycles. The van der Waals surface area contributed by atoms with Crippen LogP contribution < -0.4 is 5.32 Å². The molecule has 1 aliphatic rings. The molecule has 2 rings (SSSR count). The zero-order chi connectivity index (χ0) is 15.4. The number of nitrogens with zero attached hydrogens (tertiary/aromatic N) is 2. The Morgan fingerprint density at radius 1 is 1.38 bits per heavy atom. The van der Waals surface area contributed by atoms with E-state index in [-0.39, 0.29) is 6.10 Å². The highest BCUT2D eigenvalue weighted by atomic mass is 79.9. The second kappa shape index (κ2) is 7.75. The molecule has 5 heteroatoms. The molecule has 0 spiro atoms. The van der Waals surface area contributed by atoms with E-state index in [2.05, 4.69) is 26.3 Å². The van der Waals surface area contributed by atoms with Gasteiger partial charge in [0.15, 0.2) is 0 Å². The van der Waals surface area contributed by atoms with Crippen LogP contribution in [0.2, 0.25) is 0 Å². The molecule has 1 heterocycles. The first-order chi connectivity index (χ1) is 10.1. The van der Waals surface area contributed by atoms with Crippen molar-refractivity contribution in [2.24, 2.45) is 13.0 Å². The number of hydrogen-bond acceptors (Lipinski definition) is 3. The SMILES string of the molecule is CNC(Cc1c(Br)c(C)nn1C)C(OC)C1CCCCC1. The summed E-state index contributed by atoms with van der Waals surface area (Å²) < 4.78 is 9.01. The summed E-state index contributed by atoms with van der Waals surface area (Å²) in [7, 11) is 5.91. The van der Waals surface area contributed by atoms with Crippen molar-refractivity contribution in [3.63, 3.8) is 0 Å². The van der Waals surface area contributed by atoms with Crippen molar-refractivity contribution >= 4 is 15.9 Å². The molecule has 2 unspecified atom stereocenters. The van der Waals surface area contributed by atoms with Gasteiger partial charge in [0, 0.05) is 26.6 Å². The van der Waals surface area contributed by atoms with Gasteiger partial charge in [0.1, 0.15) is 0 Å². The maximum absolute atomic E-state index is 5.89. The van der Waals surface area contributed by atoms with Gasteiger partial charge in [-0.25, -0.2) is 0 Å². The molecular weight excluding hydrogens is 330 g/mol. The third-order valence-electron chi connectivity index (χ3n) is 4.83. The highest BCUT2D eigenvalue weighted by Gasteiger charge is 2.31. The number of aromatic nitrogens is 2. The minimum Gasteiger partial charge on any atom is -0.380 e. The summed E-state index contributed by atoms with van der Waals surface area (Å²) in [5.74, 6) is 0.675. The summed E-state index contributed by atoms with van der Waals surface area (Å²) in [5, 5.41) is 7.97. The molecule has 4 nitrogen and oxygen atoms in total. The van der Waals surface area contributed by atoms with Gasteiger partial charge in [-0.2, -0.15) is 5.10 Å². The summed E-state index contributed by atoms with van der Waals surface area (Å²) in [6, 6.07) is 0.323. The number of likely N-dealkylation sites (N-methyl/N-ethyl adjacent to an activating group) is 1. The Balaban J connectivity index is 2.13. The largest absolute Gasteiger partial charge is 0.380 e. The Labute approximate surface area is 136 Å². The van der Waals surface area contributed by atoms with Crippen molar-refractivity contribution in [3.05, 3.63) is 15.9 Å². The summed E-state index contributed by atoms with van der Waals surface area (Å²) >= 11 is 3.67. The lowest BCUT2D eigenvalue weighted by atomic mass is 9.81. The molecule has 0 aromatic carbocycles. The first-order valence-electron chi connectivity index (χ1n) is 7.96. The Hall–Kier alpha value is -0.390. The van der Waals surface area contributed by atoms with Crippen molar-refractivity contribution in [2.75, 3.05) is 14.2 Å². The minimum atomic E-state index is 0.275. The van der Waals surface area contributed by atoms with E-state index in [1.165, 1.54) is 37.8 Å². The van der Waals surface area contributed by atoms with Gasteiger partial charge in [-0.3, -0.25) is 4.68 Å². The van der Waals surface area contributed by atoms with Crippen molar-refractivity contribution in [1.82, 2.24) is 15.1 Å². The first kappa shape index (κ1) is 17.0. The molecule has 1 N–H and O–H groups in total. The maximum atomic E-state index is 5.89. The monoisotopic (exact) mass is 357 g/mol. The Morgan fingerprint density at radius 2 is 2.05 bits per heavy atom. The lowest BCUT2D eigenvalue weighted by Gasteiger charge is -2.35. The van der Waals surface area contributed by atoms with Crippen LogP contribution in [0.5, 0.6) is 0 Å². The van der Waals surface area contributed by atoms with Crippen LogP contribution in [0.25, 0.3) is 0 Å². The van der Waals surface area contributed by atoms with Crippen LogP contribution in [0, 0.1) is 12.8 Å². The average molecular weight is 358 g/mol. The molecule has 1 aromatic rings. The lowest BCUT2D eigenvalue weighted by molar-refractivity contribution is 0.00971. The van der Waals surface area contributed by atoms with E-state index < -0.39 is 0 Å². The summed E-state index contributed by atoms with van der Waals surface area (Å²) in [4.78, 5) is 0. The molecule has 21 heavy (non-hydrogen) atoms. The number of methoxy groups -OCH3 is 1. The van der Waals surface area contributed by atoms with Gasteiger partial charge in [-0.05, 0) is 48.7 Å². The average Bonchev–Trinajstić information content (AvgIpc) is 2.74. The Bertz CT molecular complexity index is 455.